The van der Waals surface area contributed by atoms with Gasteiger partial charge in [-0.2, -0.15) is 0 Å². The number of carboxylic acids is 1. The molecule has 38 heavy (non-hydrogen) atoms. The zero-order valence-corrected chi connectivity index (χ0v) is 22.8. The number of nitrogens with one attached hydrogen (secondary N) is 3. The standard InChI is InChI=1S/C24H49N9O5/c1-15(2)14-19(22(36)32-18(23(37)38)9-4-6-12-26)33-21(35)17(10-7-13-30-24(28)29)31-20(34)16(27)8-3-5-11-25/h15-19H,3-14,25-27H2,1-2H3,(H,31,34)(H,32,36)(H,33,35)(H,37,38)(H4,28,29,30). The first kappa shape index (κ1) is 35.0. The van der Waals surface area contributed by atoms with Gasteiger partial charge in [-0.05, 0) is 70.4 Å². The normalized spacial score (nSPS) is 14.2. The van der Waals surface area contributed by atoms with Gasteiger partial charge in [0, 0.05) is 6.54 Å². The number of carboxylic acid groups (broad SMARTS) is 1. The maximum atomic E-state index is 13.2. The molecule has 0 heterocycles. The maximum Gasteiger partial charge on any atom is 0.326 e. The lowest BCUT2D eigenvalue weighted by Crippen LogP contribution is -2.57. The molecule has 4 atom stereocenters. The van der Waals surface area contributed by atoms with Gasteiger partial charge in [-0.25, -0.2) is 4.79 Å². The lowest BCUT2D eigenvalue weighted by atomic mass is 10.0. The number of carbonyl (C=O) groups is 4. The Balaban J connectivity index is 5.54. The van der Waals surface area contributed by atoms with E-state index in [1.165, 1.54) is 0 Å². The third kappa shape index (κ3) is 16.0. The fraction of sp³-hybridized carbons (Fsp3) is 0.792. The summed E-state index contributed by atoms with van der Waals surface area (Å²) >= 11 is 0. The molecule has 0 aliphatic rings. The molecule has 14 N–H and O–H groups in total. The summed E-state index contributed by atoms with van der Waals surface area (Å²) < 4.78 is 0. The van der Waals surface area contributed by atoms with Crippen molar-refractivity contribution in [1.29, 1.82) is 0 Å². The van der Waals surface area contributed by atoms with E-state index >= 15 is 0 Å². The summed E-state index contributed by atoms with van der Waals surface area (Å²) in [6.45, 7) is 4.89. The van der Waals surface area contributed by atoms with E-state index in [1.807, 2.05) is 13.8 Å². The number of amides is 3. The van der Waals surface area contributed by atoms with Gasteiger partial charge in [0.15, 0.2) is 5.96 Å². The molecule has 220 valence electrons. The van der Waals surface area contributed by atoms with Crippen molar-refractivity contribution in [2.45, 2.75) is 95.8 Å². The molecule has 14 heteroatoms. The molecule has 0 aromatic heterocycles. The summed E-state index contributed by atoms with van der Waals surface area (Å²) in [5, 5.41) is 17.4. The number of hydrogen-bond acceptors (Lipinski definition) is 8. The summed E-state index contributed by atoms with van der Waals surface area (Å²) in [5.41, 5.74) is 27.7. The fourth-order valence-corrected chi connectivity index (χ4v) is 3.69. The van der Waals surface area contributed by atoms with Crippen molar-refractivity contribution in [2.75, 3.05) is 19.6 Å². The second-order valence-corrected chi connectivity index (χ2v) is 9.78. The molecule has 3 amide bonds. The van der Waals surface area contributed by atoms with Crippen molar-refractivity contribution < 1.29 is 24.3 Å². The first-order valence-electron chi connectivity index (χ1n) is 13.3. The van der Waals surface area contributed by atoms with Crippen LogP contribution in [0.15, 0.2) is 4.99 Å². The number of aliphatic carboxylic acids is 1. The SMILES string of the molecule is CC(C)CC(NC(=O)C(CCCN=C(N)N)NC(=O)C(N)CCCCN)C(=O)NC(CCCCN)C(=O)O. The second kappa shape index (κ2) is 20.1. The van der Waals surface area contributed by atoms with Crippen LogP contribution < -0.4 is 44.6 Å². The van der Waals surface area contributed by atoms with Crippen molar-refractivity contribution in [1.82, 2.24) is 16.0 Å². The predicted molar refractivity (Wildman–Crippen MR) is 147 cm³/mol. The lowest BCUT2D eigenvalue weighted by Gasteiger charge is -2.26. The molecule has 0 aliphatic carbocycles. The highest BCUT2D eigenvalue weighted by atomic mass is 16.4. The summed E-state index contributed by atoms with van der Waals surface area (Å²) in [6, 6.07) is -3.94. The Morgan fingerprint density at radius 1 is 0.737 bits per heavy atom. The minimum Gasteiger partial charge on any atom is -0.480 e. The van der Waals surface area contributed by atoms with E-state index in [0.29, 0.717) is 45.2 Å². The molecule has 0 bridgehead atoms. The lowest BCUT2D eigenvalue weighted by molar-refractivity contribution is -0.142. The van der Waals surface area contributed by atoms with Crippen molar-refractivity contribution >= 4 is 29.7 Å². The van der Waals surface area contributed by atoms with Gasteiger partial charge in [-0.1, -0.05) is 20.3 Å². The highest BCUT2D eigenvalue weighted by Crippen LogP contribution is 2.09. The Bertz CT molecular complexity index is 760. The number of carbonyl (C=O) groups excluding carboxylic acids is 3. The predicted octanol–water partition coefficient (Wildman–Crippen LogP) is -1.79. The largest absolute Gasteiger partial charge is 0.480 e. The number of aliphatic imine (C=N–C) groups is 1. The third-order valence-corrected chi connectivity index (χ3v) is 5.79. The quantitative estimate of drug-likeness (QED) is 0.0445. The average Bonchev–Trinajstić information content (AvgIpc) is 2.84. The monoisotopic (exact) mass is 543 g/mol. The van der Waals surface area contributed by atoms with Gasteiger partial charge in [-0.3, -0.25) is 19.4 Å². The molecule has 0 rings (SSSR count). The van der Waals surface area contributed by atoms with Crippen LogP contribution in [-0.2, 0) is 19.2 Å². The molecule has 0 spiro atoms. The van der Waals surface area contributed by atoms with Gasteiger partial charge < -0.3 is 49.7 Å². The molecule has 0 aromatic carbocycles. The molecule has 0 radical (unpaired) electrons. The van der Waals surface area contributed by atoms with Crippen LogP contribution in [0.4, 0.5) is 0 Å². The fourth-order valence-electron chi connectivity index (χ4n) is 3.69. The minimum atomic E-state index is -1.17. The Morgan fingerprint density at radius 3 is 1.76 bits per heavy atom. The molecule has 4 unspecified atom stereocenters. The van der Waals surface area contributed by atoms with Crippen molar-refractivity contribution in [2.24, 2.45) is 39.6 Å². The van der Waals surface area contributed by atoms with Crippen molar-refractivity contribution in [3.63, 3.8) is 0 Å². The van der Waals surface area contributed by atoms with Crippen LogP contribution in [0.25, 0.3) is 0 Å². The third-order valence-electron chi connectivity index (χ3n) is 5.79. The Hall–Kier alpha value is -2.97. The molecular formula is C24H49N9O5. The highest BCUT2D eigenvalue weighted by Gasteiger charge is 2.30. The molecular weight excluding hydrogens is 494 g/mol. The van der Waals surface area contributed by atoms with Gasteiger partial charge >= 0.3 is 5.97 Å². The first-order chi connectivity index (χ1) is 17.9. The van der Waals surface area contributed by atoms with E-state index in [9.17, 15) is 24.3 Å². The number of unbranched alkanes of at least 4 members (excludes halogenated alkanes) is 2. The summed E-state index contributed by atoms with van der Waals surface area (Å²) in [4.78, 5) is 54.5. The van der Waals surface area contributed by atoms with Crippen LogP contribution in [-0.4, -0.2) is 78.6 Å². The number of nitrogens with zero attached hydrogens (tertiary/aromatic N) is 1. The highest BCUT2D eigenvalue weighted by molar-refractivity contribution is 5.94. The molecule has 0 aliphatic heterocycles. The van der Waals surface area contributed by atoms with Crippen LogP contribution in [0.5, 0.6) is 0 Å². The smallest absolute Gasteiger partial charge is 0.326 e. The maximum absolute atomic E-state index is 13.2. The molecule has 0 aromatic rings. The van der Waals surface area contributed by atoms with Crippen LogP contribution >= 0.6 is 0 Å². The van der Waals surface area contributed by atoms with Gasteiger partial charge in [0.25, 0.3) is 0 Å². The van der Waals surface area contributed by atoms with E-state index < -0.39 is 47.9 Å². The summed E-state index contributed by atoms with van der Waals surface area (Å²) in [6.07, 6.45) is 4.00. The van der Waals surface area contributed by atoms with Gasteiger partial charge in [-0.15, -0.1) is 0 Å². The number of hydrogen-bond donors (Lipinski definition) is 9. The number of nitrogens with two attached hydrogens (primary N) is 5. The van der Waals surface area contributed by atoms with Gasteiger partial charge in [0.1, 0.15) is 18.1 Å². The first-order valence-corrected chi connectivity index (χ1v) is 13.3. The zero-order valence-electron chi connectivity index (χ0n) is 22.8. The minimum absolute atomic E-state index is 0.0115. The summed E-state index contributed by atoms with van der Waals surface area (Å²) in [5.74, 6) is -2.95. The molecule has 0 fully saturated rings. The van der Waals surface area contributed by atoms with Crippen LogP contribution in [0.3, 0.4) is 0 Å². The molecule has 0 saturated carbocycles. The topological polar surface area (TPSA) is 267 Å². The Labute approximate surface area is 225 Å². The van der Waals surface area contributed by atoms with E-state index in [0.717, 1.165) is 6.42 Å². The summed E-state index contributed by atoms with van der Waals surface area (Å²) in [7, 11) is 0. The average molecular weight is 544 g/mol. The van der Waals surface area contributed by atoms with E-state index in [-0.39, 0.29) is 37.7 Å². The van der Waals surface area contributed by atoms with Crippen molar-refractivity contribution in [3.8, 4) is 0 Å². The second-order valence-electron chi connectivity index (χ2n) is 9.78. The van der Waals surface area contributed by atoms with E-state index in [2.05, 4.69) is 20.9 Å². The zero-order chi connectivity index (χ0) is 29.1. The molecule has 14 nitrogen and oxygen atoms in total. The van der Waals surface area contributed by atoms with Crippen LogP contribution in [0.2, 0.25) is 0 Å². The van der Waals surface area contributed by atoms with Gasteiger partial charge in [0.05, 0.1) is 6.04 Å². The Morgan fingerprint density at radius 2 is 1.24 bits per heavy atom. The Kier molecular flexibility index (Phi) is 18.5. The van der Waals surface area contributed by atoms with E-state index in [1.54, 1.807) is 0 Å². The van der Waals surface area contributed by atoms with Gasteiger partial charge in [0.2, 0.25) is 17.7 Å². The number of rotatable bonds is 21. The van der Waals surface area contributed by atoms with Crippen molar-refractivity contribution in [3.05, 3.63) is 0 Å². The van der Waals surface area contributed by atoms with E-state index in [4.69, 9.17) is 28.7 Å². The van der Waals surface area contributed by atoms with Crippen LogP contribution in [0, 0.1) is 5.92 Å². The van der Waals surface area contributed by atoms with Crippen LogP contribution in [0.1, 0.15) is 71.6 Å². The number of guanidine groups is 1. The molecule has 0 saturated heterocycles.